The summed E-state index contributed by atoms with van der Waals surface area (Å²) in [7, 11) is 3.04. The highest BCUT2D eigenvalue weighted by Crippen LogP contribution is 2.19. The summed E-state index contributed by atoms with van der Waals surface area (Å²) >= 11 is 0. The maximum Gasteiger partial charge on any atom is 0.244 e. The maximum absolute atomic E-state index is 13.2. The topological polar surface area (TPSA) is 68.5 Å². The Kier molecular flexibility index (Phi) is 5.23. The molecule has 1 aromatic heterocycles. The number of carbonyl (C=O) groups excluding carboxylic acids is 1. The summed E-state index contributed by atoms with van der Waals surface area (Å²) in [6, 6.07) is 3.78. The number of anilines is 1. The molecule has 1 amide bonds. The van der Waals surface area contributed by atoms with Gasteiger partial charge < -0.3 is 15.4 Å². The summed E-state index contributed by atoms with van der Waals surface area (Å²) in [4.78, 5) is 17.7. The number of nitrogens with zero attached hydrogens (tertiary/aromatic N) is 2. The van der Waals surface area contributed by atoms with Crippen LogP contribution in [0.4, 0.5) is 14.5 Å². The molecule has 0 aliphatic carbocycles. The SMILES string of the molecule is COc1cncc(N(C)C(=O)[C@@H](N)Cc2cc(F)cc(F)c2)c1. The second-order valence-electron chi connectivity index (χ2n) is 5.07. The molecule has 2 rings (SSSR count). The van der Waals surface area contributed by atoms with Gasteiger partial charge in [-0.05, 0) is 24.1 Å². The average Bonchev–Trinajstić information content (AvgIpc) is 2.52. The van der Waals surface area contributed by atoms with E-state index in [0.717, 1.165) is 18.2 Å². The van der Waals surface area contributed by atoms with Gasteiger partial charge in [0.1, 0.15) is 17.4 Å². The first kappa shape index (κ1) is 16.8. The van der Waals surface area contributed by atoms with Gasteiger partial charge in [-0.15, -0.1) is 0 Å². The summed E-state index contributed by atoms with van der Waals surface area (Å²) in [6.45, 7) is 0. The predicted octanol–water partition coefficient (Wildman–Crippen LogP) is 1.90. The van der Waals surface area contributed by atoms with Crippen LogP contribution in [0.25, 0.3) is 0 Å². The van der Waals surface area contributed by atoms with Crippen LogP contribution >= 0.6 is 0 Å². The van der Waals surface area contributed by atoms with Crippen LogP contribution in [-0.4, -0.2) is 31.1 Å². The number of nitrogens with two attached hydrogens (primary N) is 1. The number of likely N-dealkylation sites (N-methyl/N-ethyl adjacent to an activating group) is 1. The van der Waals surface area contributed by atoms with Gasteiger partial charge in [0.25, 0.3) is 0 Å². The highest BCUT2D eigenvalue weighted by atomic mass is 19.1. The van der Waals surface area contributed by atoms with E-state index in [1.807, 2.05) is 0 Å². The first-order valence-corrected chi connectivity index (χ1v) is 6.88. The molecular weight excluding hydrogens is 304 g/mol. The van der Waals surface area contributed by atoms with Crippen LogP contribution in [0, 0.1) is 11.6 Å². The van der Waals surface area contributed by atoms with Crippen molar-refractivity contribution in [3.05, 3.63) is 53.9 Å². The molecule has 122 valence electrons. The van der Waals surface area contributed by atoms with Crippen LogP contribution in [-0.2, 0) is 11.2 Å². The quantitative estimate of drug-likeness (QED) is 0.913. The molecule has 0 radical (unpaired) electrons. The lowest BCUT2D eigenvalue weighted by Crippen LogP contribution is -2.43. The van der Waals surface area contributed by atoms with E-state index in [1.165, 1.54) is 24.4 Å². The molecule has 0 aliphatic heterocycles. The number of pyridine rings is 1. The number of rotatable bonds is 5. The Morgan fingerprint density at radius 1 is 1.26 bits per heavy atom. The van der Waals surface area contributed by atoms with Gasteiger partial charge in [0.15, 0.2) is 0 Å². The standard InChI is InChI=1S/C16H17F2N3O2/c1-21(13-7-14(23-2)9-20-8-13)16(22)15(19)5-10-3-11(17)6-12(18)4-10/h3-4,6-9,15H,5,19H2,1-2H3/t15-/m0/s1. The Balaban J connectivity index is 2.11. The fourth-order valence-corrected chi connectivity index (χ4v) is 2.15. The number of hydrogen-bond donors (Lipinski definition) is 1. The van der Waals surface area contributed by atoms with E-state index in [9.17, 15) is 13.6 Å². The first-order valence-electron chi connectivity index (χ1n) is 6.88. The Morgan fingerprint density at radius 3 is 2.52 bits per heavy atom. The number of carbonyl (C=O) groups is 1. The molecule has 23 heavy (non-hydrogen) atoms. The minimum absolute atomic E-state index is 0.0231. The Hall–Kier alpha value is -2.54. The van der Waals surface area contributed by atoms with Gasteiger partial charge in [0.2, 0.25) is 5.91 Å². The third-order valence-electron chi connectivity index (χ3n) is 3.35. The lowest BCUT2D eigenvalue weighted by atomic mass is 10.1. The van der Waals surface area contributed by atoms with Gasteiger partial charge in [0, 0.05) is 19.2 Å². The number of halogens is 2. The molecule has 2 aromatic rings. The molecule has 0 aliphatic rings. The molecule has 0 fully saturated rings. The van der Waals surface area contributed by atoms with Crippen molar-refractivity contribution in [2.45, 2.75) is 12.5 Å². The van der Waals surface area contributed by atoms with E-state index in [1.54, 1.807) is 13.1 Å². The van der Waals surface area contributed by atoms with Gasteiger partial charge in [-0.1, -0.05) is 0 Å². The van der Waals surface area contributed by atoms with Crippen molar-refractivity contribution >= 4 is 11.6 Å². The van der Waals surface area contributed by atoms with Crippen molar-refractivity contribution in [1.82, 2.24) is 4.98 Å². The molecular formula is C16H17F2N3O2. The third-order valence-corrected chi connectivity index (χ3v) is 3.35. The zero-order valence-electron chi connectivity index (χ0n) is 12.8. The fourth-order valence-electron chi connectivity index (χ4n) is 2.15. The number of ether oxygens (including phenoxy) is 1. The monoisotopic (exact) mass is 321 g/mol. The van der Waals surface area contributed by atoms with Crippen molar-refractivity contribution in [3.63, 3.8) is 0 Å². The largest absolute Gasteiger partial charge is 0.495 e. The Labute approximate surface area is 132 Å². The smallest absolute Gasteiger partial charge is 0.244 e. The Bertz CT molecular complexity index is 689. The molecule has 5 nitrogen and oxygen atoms in total. The van der Waals surface area contributed by atoms with Crippen molar-refractivity contribution in [2.75, 3.05) is 19.1 Å². The summed E-state index contributed by atoms with van der Waals surface area (Å²) in [5, 5.41) is 0. The molecule has 1 heterocycles. The summed E-state index contributed by atoms with van der Waals surface area (Å²) in [5.74, 6) is -1.30. The summed E-state index contributed by atoms with van der Waals surface area (Å²) in [6.07, 6.45) is 3.03. The minimum atomic E-state index is -0.938. The van der Waals surface area contributed by atoms with Gasteiger partial charge in [-0.3, -0.25) is 9.78 Å². The van der Waals surface area contributed by atoms with Crippen LogP contribution in [0.15, 0.2) is 36.7 Å². The van der Waals surface area contributed by atoms with E-state index in [-0.39, 0.29) is 6.42 Å². The van der Waals surface area contributed by atoms with Gasteiger partial charge in [-0.2, -0.15) is 0 Å². The van der Waals surface area contributed by atoms with Crippen molar-refractivity contribution < 1.29 is 18.3 Å². The van der Waals surface area contributed by atoms with E-state index >= 15 is 0 Å². The van der Waals surface area contributed by atoms with Crippen molar-refractivity contribution in [3.8, 4) is 5.75 Å². The van der Waals surface area contributed by atoms with E-state index < -0.39 is 23.6 Å². The van der Waals surface area contributed by atoms with Gasteiger partial charge in [0.05, 0.1) is 31.2 Å². The second-order valence-corrected chi connectivity index (χ2v) is 5.07. The average molecular weight is 321 g/mol. The van der Waals surface area contributed by atoms with Crippen LogP contribution in [0.1, 0.15) is 5.56 Å². The molecule has 0 saturated heterocycles. The van der Waals surface area contributed by atoms with Crippen molar-refractivity contribution in [1.29, 1.82) is 0 Å². The van der Waals surface area contributed by atoms with Crippen LogP contribution in [0.2, 0.25) is 0 Å². The molecule has 0 bridgehead atoms. The fraction of sp³-hybridized carbons (Fsp3) is 0.250. The van der Waals surface area contributed by atoms with E-state index in [2.05, 4.69) is 4.98 Å². The lowest BCUT2D eigenvalue weighted by Gasteiger charge is -2.21. The zero-order valence-corrected chi connectivity index (χ0v) is 12.8. The zero-order chi connectivity index (χ0) is 17.0. The van der Waals surface area contributed by atoms with Gasteiger partial charge >= 0.3 is 0 Å². The summed E-state index contributed by atoms with van der Waals surface area (Å²) < 4.78 is 31.4. The van der Waals surface area contributed by atoms with Crippen LogP contribution in [0.3, 0.4) is 0 Å². The highest BCUT2D eigenvalue weighted by Gasteiger charge is 2.20. The van der Waals surface area contributed by atoms with Crippen LogP contribution in [0.5, 0.6) is 5.75 Å². The Morgan fingerprint density at radius 2 is 1.91 bits per heavy atom. The predicted molar refractivity (Wildman–Crippen MR) is 82.2 cm³/mol. The maximum atomic E-state index is 13.2. The third kappa shape index (κ3) is 4.23. The lowest BCUT2D eigenvalue weighted by molar-refractivity contribution is -0.119. The molecule has 1 aromatic carbocycles. The number of benzene rings is 1. The number of methoxy groups -OCH3 is 1. The number of hydrogen-bond acceptors (Lipinski definition) is 4. The number of amides is 1. The molecule has 1 atom stereocenters. The molecule has 7 heteroatoms. The number of aromatic nitrogens is 1. The van der Waals surface area contributed by atoms with Gasteiger partial charge in [-0.25, -0.2) is 8.78 Å². The molecule has 0 saturated carbocycles. The summed E-state index contributed by atoms with van der Waals surface area (Å²) in [5.41, 5.74) is 6.70. The normalized spacial score (nSPS) is 11.9. The molecule has 0 unspecified atom stereocenters. The molecule has 0 spiro atoms. The van der Waals surface area contributed by atoms with Crippen LogP contribution < -0.4 is 15.4 Å². The second kappa shape index (κ2) is 7.15. The van der Waals surface area contributed by atoms with E-state index in [0.29, 0.717) is 17.0 Å². The minimum Gasteiger partial charge on any atom is -0.495 e. The van der Waals surface area contributed by atoms with E-state index in [4.69, 9.17) is 10.5 Å². The van der Waals surface area contributed by atoms with Crippen molar-refractivity contribution in [2.24, 2.45) is 5.73 Å². The highest BCUT2D eigenvalue weighted by molar-refractivity contribution is 5.96. The first-order chi connectivity index (χ1) is 10.9. The molecule has 2 N–H and O–H groups in total.